The molecular formula is C30H37FN2O7. The van der Waals surface area contributed by atoms with Crippen molar-refractivity contribution in [3.05, 3.63) is 53.8 Å². The lowest BCUT2D eigenvalue weighted by Gasteiger charge is -2.60. The number of aliphatic hydroxyl groups excluding tert-OH is 2. The maximum absolute atomic E-state index is 13.5. The molecular weight excluding hydrogens is 519 g/mol. The Labute approximate surface area is 233 Å². The van der Waals surface area contributed by atoms with Gasteiger partial charge in [0.25, 0.3) is 0 Å². The summed E-state index contributed by atoms with van der Waals surface area (Å²) in [7, 11) is 0. The van der Waals surface area contributed by atoms with Crippen molar-refractivity contribution in [1.29, 1.82) is 0 Å². The van der Waals surface area contributed by atoms with Crippen molar-refractivity contribution in [2.24, 2.45) is 22.7 Å². The van der Waals surface area contributed by atoms with Crippen LogP contribution in [0.25, 0.3) is 0 Å². The van der Waals surface area contributed by atoms with Crippen LogP contribution >= 0.6 is 0 Å². The molecule has 0 spiro atoms. The summed E-state index contributed by atoms with van der Waals surface area (Å²) in [6.07, 6.45) is 0.382. The Kier molecular flexibility index (Phi) is 7.92. The van der Waals surface area contributed by atoms with E-state index in [1.807, 2.05) is 25.1 Å². The van der Waals surface area contributed by atoms with Crippen LogP contribution < -0.4 is 20.1 Å². The monoisotopic (exact) mass is 556 g/mol. The first kappa shape index (κ1) is 28.2. The molecule has 3 aliphatic rings. The van der Waals surface area contributed by atoms with Gasteiger partial charge in [0.2, 0.25) is 12.7 Å². The van der Waals surface area contributed by atoms with Crippen molar-refractivity contribution in [2.45, 2.75) is 64.7 Å². The molecule has 216 valence electrons. The van der Waals surface area contributed by atoms with Gasteiger partial charge in [-0.2, -0.15) is 0 Å². The number of amides is 2. The van der Waals surface area contributed by atoms with E-state index in [1.165, 1.54) is 18.2 Å². The first-order valence-electron chi connectivity index (χ1n) is 13.8. The topological polar surface area (TPSA) is 126 Å². The fraction of sp³-hybridized carbons (Fsp3) is 0.533. The van der Waals surface area contributed by atoms with Crippen molar-refractivity contribution in [1.82, 2.24) is 5.32 Å². The molecule has 0 bridgehead atoms. The quantitative estimate of drug-likeness (QED) is 0.399. The van der Waals surface area contributed by atoms with Crippen LogP contribution in [-0.4, -0.2) is 47.8 Å². The maximum atomic E-state index is 13.5. The van der Waals surface area contributed by atoms with Gasteiger partial charge in [-0.05, 0) is 78.8 Å². The molecule has 1 aliphatic heterocycles. The van der Waals surface area contributed by atoms with E-state index in [4.69, 9.17) is 14.2 Å². The van der Waals surface area contributed by atoms with Gasteiger partial charge in [-0.3, -0.25) is 10.1 Å². The predicted molar refractivity (Wildman–Crippen MR) is 144 cm³/mol. The minimum atomic E-state index is -0.784. The lowest BCUT2D eigenvalue weighted by molar-refractivity contribution is -0.185. The van der Waals surface area contributed by atoms with E-state index in [-0.39, 0.29) is 43.3 Å². The molecule has 9 nitrogen and oxygen atoms in total. The zero-order valence-electron chi connectivity index (χ0n) is 22.8. The van der Waals surface area contributed by atoms with E-state index in [9.17, 15) is 24.2 Å². The van der Waals surface area contributed by atoms with Crippen LogP contribution in [0.15, 0.2) is 42.5 Å². The number of rotatable bonds is 7. The van der Waals surface area contributed by atoms with Crippen molar-refractivity contribution in [2.75, 3.05) is 18.7 Å². The van der Waals surface area contributed by atoms with Crippen LogP contribution in [0.2, 0.25) is 0 Å². The first-order chi connectivity index (χ1) is 19.1. The highest BCUT2D eigenvalue weighted by Crippen LogP contribution is 2.61. The molecule has 6 atom stereocenters. The molecule has 2 aromatic carbocycles. The minimum Gasteiger partial charge on any atom is -0.454 e. The van der Waals surface area contributed by atoms with Crippen molar-refractivity contribution in [3.8, 4) is 11.5 Å². The molecule has 2 fully saturated rings. The third-order valence-corrected chi connectivity index (χ3v) is 9.33. The number of ether oxygens (including phenoxy) is 3. The molecule has 0 aromatic heterocycles. The minimum absolute atomic E-state index is 0.0965. The first-order valence-corrected chi connectivity index (χ1v) is 13.8. The number of carbonyl (C=O) groups is 2. The molecule has 2 aromatic rings. The number of anilines is 1. The molecule has 2 saturated carbocycles. The number of carbonyl (C=O) groups excluding carboxylic acids is 2. The van der Waals surface area contributed by atoms with Crippen molar-refractivity contribution < 1.29 is 38.4 Å². The van der Waals surface area contributed by atoms with Crippen LogP contribution in [0.3, 0.4) is 0 Å². The molecule has 10 heteroatoms. The highest BCUT2D eigenvalue weighted by Gasteiger charge is 2.60. The van der Waals surface area contributed by atoms with Crippen LogP contribution in [0.4, 0.5) is 14.9 Å². The Morgan fingerprint density at radius 1 is 1.10 bits per heavy atom. The zero-order chi connectivity index (χ0) is 28.5. The molecule has 5 rings (SSSR count). The van der Waals surface area contributed by atoms with E-state index in [0.29, 0.717) is 43.7 Å². The average Bonchev–Trinajstić information content (AvgIpc) is 3.39. The van der Waals surface area contributed by atoms with E-state index in [1.54, 1.807) is 6.07 Å². The Bertz CT molecular complexity index is 1260. The van der Waals surface area contributed by atoms with Gasteiger partial charge in [0.1, 0.15) is 11.9 Å². The largest absolute Gasteiger partial charge is 0.454 e. The third-order valence-electron chi connectivity index (χ3n) is 9.33. The summed E-state index contributed by atoms with van der Waals surface area (Å²) in [6, 6.07) is 11.1. The second-order valence-corrected chi connectivity index (χ2v) is 11.7. The third kappa shape index (κ3) is 5.47. The van der Waals surface area contributed by atoms with Crippen molar-refractivity contribution in [3.63, 3.8) is 0 Å². The number of benzene rings is 2. The summed E-state index contributed by atoms with van der Waals surface area (Å²) in [5, 5.41) is 27.2. The van der Waals surface area contributed by atoms with Gasteiger partial charge >= 0.3 is 6.09 Å². The van der Waals surface area contributed by atoms with Gasteiger partial charge in [-0.25, -0.2) is 9.18 Å². The normalized spacial score (nSPS) is 30.7. The molecule has 6 unspecified atom stereocenters. The summed E-state index contributed by atoms with van der Waals surface area (Å²) in [4.78, 5) is 25.8. The predicted octanol–water partition coefficient (Wildman–Crippen LogP) is 4.36. The smallest absolute Gasteiger partial charge is 0.411 e. The van der Waals surface area contributed by atoms with Crippen LogP contribution in [-0.2, 0) is 16.1 Å². The number of hydrogen-bond donors (Lipinski definition) is 4. The highest BCUT2D eigenvalue weighted by atomic mass is 19.1. The number of nitrogens with one attached hydrogen (secondary N) is 2. The zero-order valence-corrected chi connectivity index (χ0v) is 22.8. The lowest BCUT2D eigenvalue weighted by Crippen LogP contribution is -2.61. The Morgan fingerprint density at radius 2 is 1.90 bits per heavy atom. The van der Waals surface area contributed by atoms with Gasteiger partial charge in [-0.1, -0.05) is 26.0 Å². The summed E-state index contributed by atoms with van der Waals surface area (Å²) >= 11 is 0. The van der Waals surface area contributed by atoms with Gasteiger partial charge in [-0.15, -0.1) is 0 Å². The Hall–Kier alpha value is -3.37. The lowest BCUT2D eigenvalue weighted by atomic mass is 9.46. The van der Waals surface area contributed by atoms with E-state index in [0.717, 1.165) is 5.56 Å². The number of aliphatic hydroxyl groups is 2. The average molecular weight is 557 g/mol. The number of halogens is 1. The fourth-order valence-electron chi connectivity index (χ4n) is 7.15. The SMILES string of the molecule is CC1(CO)C(OC(=O)Nc2cccc(F)c2)CCC2(C)C(CC(=O)NCc3ccc4c(c3)OCO4)C(O)CCC12. The van der Waals surface area contributed by atoms with Gasteiger partial charge in [0, 0.05) is 24.1 Å². The molecule has 2 amide bonds. The Balaban J connectivity index is 1.25. The summed E-state index contributed by atoms with van der Waals surface area (Å²) in [5.74, 6) is 0.269. The van der Waals surface area contributed by atoms with Gasteiger partial charge in [0.15, 0.2) is 11.5 Å². The van der Waals surface area contributed by atoms with Crippen LogP contribution in [0, 0.1) is 28.5 Å². The van der Waals surface area contributed by atoms with Crippen molar-refractivity contribution >= 4 is 17.7 Å². The molecule has 0 radical (unpaired) electrons. The number of hydrogen-bond acceptors (Lipinski definition) is 7. The molecule has 4 N–H and O–H groups in total. The van der Waals surface area contributed by atoms with E-state index >= 15 is 0 Å². The van der Waals surface area contributed by atoms with E-state index < -0.39 is 34.9 Å². The van der Waals surface area contributed by atoms with Crippen LogP contribution in [0.1, 0.15) is 51.5 Å². The van der Waals surface area contributed by atoms with Gasteiger partial charge < -0.3 is 29.7 Å². The van der Waals surface area contributed by atoms with Gasteiger partial charge in [0.05, 0.1) is 12.7 Å². The molecule has 0 saturated heterocycles. The number of fused-ring (bicyclic) bond motifs is 2. The van der Waals surface area contributed by atoms with E-state index in [2.05, 4.69) is 17.6 Å². The molecule has 1 heterocycles. The standard InChI is InChI=1S/C30H37FN2O7/c1-29-11-10-26(40-28(37)33-20-5-3-4-19(31)13-20)30(2,16-34)25(29)9-7-22(35)21(29)14-27(36)32-15-18-6-8-23-24(12-18)39-17-38-23/h3-6,8,12-13,21-22,25-26,34-35H,7,9-11,14-17H2,1-2H3,(H,32,36)(H,33,37). The summed E-state index contributed by atoms with van der Waals surface area (Å²) < 4.78 is 30.1. The molecule has 40 heavy (non-hydrogen) atoms. The second kappa shape index (κ2) is 11.2. The fourth-order valence-corrected chi connectivity index (χ4v) is 7.15. The summed E-state index contributed by atoms with van der Waals surface area (Å²) in [5.41, 5.74) is -0.0746. The second-order valence-electron chi connectivity index (χ2n) is 11.7. The van der Waals surface area contributed by atoms with Crippen LogP contribution in [0.5, 0.6) is 11.5 Å². The highest BCUT2D eigenvalue weighted by molar-refractivity contribution is 5.84. The summed E-state index contributed by atoms with van der Waals surface area (Å²) in [6.45, 7) is 4.27. The molecule has 2 aliphatic carbocycles. The maximum Gasteiger partial charge on any atom is 0.411 e. The Morgan fingerprint density at radius 3 is 2.67 bits per heavy atom.